The Morgan fingerprint density at radius 3 is 2.78 bits per heavy atom. The molecule has 3 heterocycles. The molecule has 0 fully saturated rings. The van der Waals surface area contributed by atoms with Crippen molar-refractivity contribution in [3.05, 3.63) is 53.6 Å². The molecule has 0 N–H and O–H groups in total. The number of ether oxygens (including phenoxy) is 1. The molecule has 23 heavy (non-hydrogen) atoms. The van der Waals surface area contributed by atoms with Crippen molar-refractivity contribution in [1.29, 1.82) is 0 Å². The van der Waals surface area contributed by atoms with Crippen LogP contribution in [0.2, 0.25) is 0 Å². The van der Waals surface area contributed by atoms with E-state index in [1.54, 1.807) is 6.07 Å². The van der Waals surface area contributed by atoms with Gasteiger partial charge < -0.3 is 14.2 Å². The van der Waals surface area contributed by atoms with Gasteiger partial charge in [0, 0.05) is 31.2 Å². The van der Waals surface area contributed by atoms with E-state index in [0.29, 0.717) is 12.1 Å². The topological polar surface area (TPSA) is 64.4 Å². The lowest BCUT2D eigenvalue weighted by molar-refractivity contribution is 0.0587. The highest BCUT2D eigenvalue weighted by atomic mass is 16.5. The number of fused-ring (bicyclic) bond motifs is 1. The zero-order valence-corrected chi connectivity index (χ0v) is 13.2. The number of nitrogens with zero attached hydrogens (tertiary/aromatic N) is 3. The summed E-state index contributed by atoms with van der Waals surface area (Å²) in [6, 6.07) is 7.28. The van der Waals surface area contributed by atoms with E-state index >= 15 is 0 Å². The van der Waals surface area contributed by atoms with E-state index in [4.69, 9.17) is 0 Å². The highest BCUT2D eigenvalue weighted by molar-refractivity contribution is 5.95. The summed E-state index contributed by atoms with van der Waals surface area (Å²) in [5.41, 5.74) is 1.84. The number of aromatic nitrogens is 2. The van der Waals surface area contributed by atoms with Gasteiger partial charge in [-0.15, -0.1) is 0 Å². The first-order chi connectivity index (χ1) is 11.2. The zero-order valence-electron chi connectivity index (χ0n) is 13.2. The average molecular weight is 313 g/mol. The minimum Gasteiger partial charge on any atom is -0.464 e. The molecule has 0 aromatic carbocycles. The van der Waals surface area contributed by atoms with E-state index in [-0.39, 0.29) is 17.6 Å². The van der Waals surface area contributed by atoms with Gasteiger partial charge in [0.25, 0.3) is 5.91 Å². The van der Waals surface area contributed by atoms with Crippen LogP contribution < -0.4 is 0 Å². The van der Waals surface area contributed by atoms with Crippen molar-refractivity contribution in [1.82, 2.24) is 14.5 Å². The molecule has 2 aromatic rings. The SMILES string of the molecule is CCC1c2cccn2CCN1C(=O)c1ccc(C(=O)OC)nc1. The Bertz CT molecular complexity index is 721. The van der Waals surface area contributed by atoms with Gasteiger partial charge >= 0.3 is 5.97 Å². The number of hydrogen-bond acceptors (Lipinski definition) is 4. The number of rotatable bonds is 3. The molecule has 0 saturated heterocycles. The zero-order chi connectivity index (χ0) is 16.4. The lowest BCUT2D eigenvalue weighted by atomic mass is 10.1. The van der Waals surface area contributed by atoms with Gasteiger partial charge in [-0.05, 0) is 30.7 Å². The first-order valence-corrected chi connectivity index (χ1v) is 7.66. The molecule has 0 saturated carbocycles. The maximum atomic E-state index is 12.8. The Hall–Kier alpha value is -2.63. The van der Waals surface area contributed by atoms with Gasteiger partial charge in [0.05, 0.1) is 18.7 Å². The van der Waals surface area contributed by atoms with Crippen molar-refractivity contribution in [3.8, 4) is 0 Å². The molecule has 6 heteroatoms. The van der Waals surface area contributed by atoms with Crippen molar-refractivity contribution in [2.45, 2.75) is 25.9 Å². The summed E-state index contributed by atoms with van der Waals surface area (Å²) in [7, 11) is 1.30. The van der Waals surface area contributed by atoms with Crippen molar-refractivity contribution in [2.75, 3.05) is 13.7 Å². The normalized spacial score (nSPS) is 16.8. The standard InChI is InChI=1S/C17H19N3O3/c1-3-14-15-5-4-8-19(15)9-10-20(14)16(21)12-6-7-13(18-11-12)17(22)23-2/h4-8,11,14H,3,9-10H2,1-2H3. The first kappa shape index (κ1) is 15.3. The Morgan fingerprint density at radius 2 is 2.13 bits per heavy atom. The molecule has 0 spiro atoms. The van der Waals surface area contributed by atoms with Crippen LogP contribution in [0.5, 0.6) is 0 Å². The second-order valence-corrected chi connectivity index (χ2v) is 5.47. The maximum Gasteiger partial charge on any atom is 0.356 e. The van der Waals surface area contributed by atoms with Crippen LogP contribution in [0.25, 0.3) is 0 Å². The van der Waals surface area contributed by atoms with Crippen molar-refractivity contribution in [2.24, 2.45) is 0 Å². The van der Waals surface area contributed by atoms with Gasteiger partial charge in [-0.25, -0.2) is 9.78 Å². The van der Waals surface area contributed by atoms with Crippen LogP contribution >= 0.6 is 0 Å². The highest BCUT2D eigenvalue weighted by Gasteiger charge is 2.30. The lowest BCUT2D eigenvalue weighted by Crippen LogP contribution is -2.41. The number of carbonyl (C=O) groups excluding carboxylic acids is 2. The van der Waals surface area contributed by atoms with Crippen molar-refractivity contribution >= 4 is 11.9 Å². The molecule has 1 unspecified atom stereocenters. The van der Waals surface area contributed by atoms with Gasteiger partial charge in [0.2, 0.25) is 0 Å². The molecule has 0 aliphatic carbocycles. The van der Waals surface area contributed by atoms with E-state index in [2.05, 4.69) is 27.3 Å². The molecule has 3 rings (SSSR count). The van der Waals surface area contributed by atoms with Crippen LogP contribution in [0.15, 0.2) is 36.7 Å². The monoisotopic (exact) mass is 313 g/mol. The number of methoxy groups -OCH3 is 1. The van der Waals surface area contributed by atoms with E-state index in [1.165, 1.54) is 19.4 Å². The van der Waals surface area contributed by atoms with Crippen molar-refractivity contribution in [3.63, 3.8) is 0 Å². The van der Waals surface area contributed by atoms with Crippen LogP contribution in [0.1, 0.15) is 45.9 Å². The second-order valence-electron chi connectivity index (χ2n) is 5.47. The minimum atomic E-state index is -0.508. The number of carbonyl (C=O) groups is 2. The number of amides is 1. The summed E-state index contributed by atoms with van der Waals surface area (Å²) >= 11 is 0. The highest BCUT2D eigenvalue weighted by Crippen LogP contribution is 2.29. The third-order valence-electron chi connectivity index (χ3n) is 4.22. The fraction of sp³-hybridized carbons (Fsp3) is 0.353. The molecule has 0 radical (unpaired) electrons. The Balaban J connectivity index is 1.84. The molecular weight excluding hydrogens is 294 g/mol. The largest absolute Gasteiger partial charge is 0.464 e. The van der Waals surface area contributed by atoms with Gasteiger partial charge in [0.1, 0.15) is 5.69 Å². The molecule has 1 atom stereocenters. The smallest absolute Gasteiger partial charge is 0.356 e. The average Bonchev–Trinajstić information content (AvgIpc) is 3.08. The lowest BCUT2D eigenvalue weighted by Gasteiger charge is -2.36. The molecule has 6 nitrogen and oxygen atoms in total. The van der Waals surface area contributed by atoms with Gasteiger partial charge in [-0.2, -0.15) is 0 Å². The molecule has 1 aliphatic heterocycles. The number of esters is 1. The predicted octanol–water partition coefficient (Wildman–Crippen LogP) is 2.28. The fourth-order valence-electron chi connectivity index (χ4n) is 3.05. The van der Waals surface area contributed by atoms with Gasteiger partial charge in [-0.1, -0.05) is 6.92 Å². The molecular formula is C17H19N3O3. The Kier molecular flexibility index (Phi) is 4.14. The fourth-order valence-corrected chi connectivity index (χ4v) is 3.05. The van der Waals surface area contributed by atoms with Crippen molar-refractivity contribution < 1.29 is 14.3 Å². The molecule has 0 bridgehead atoms. The Morgan fingerprint density at radius 1 is 1.30 bits per heavy atom. The van der Waals surface area contributed by atoms with E-state index < -0.39 is 5.97 Å². The summed E-state index contributed by atoms with van der Waals surface area (Å²) in [5, 5.41) is 0. The number of pyridine rings is 1. The maximum absolute atomic E-state index is 12.8. The number of hydrogen-bond donors (Lipinski definition) is 0. The summed E-state index contributed by atoms with van der Waals surface area (Å²) in [4.78, 5) is 30.1. The molecule has 1 aliphatic rings. The minimum absolute atomic E-state index is 0.0616. The summed E-state index contributed by atoms with van der Waals surface area (Å²) in [5.74, 6) is -0.570. The van der Waals surface area contributed by atoms with Crippen LogP contribution in [0.4, 0.5) is 0 Å². The Labute approximate surface area is 134 Å². The van der Waals surface area contributed by atoms with Crippen LogP contribution in [0, 0.1) is 0 Å². The summed E-state index contributed by atoms with van der Waals surface area (Å²) in [6.07, 6.45) is 4.34. The second kappa shape index (κ2) is 6.24. The molecule has 1 amide bonds. The van der Waals surface area contributed by atoms with Crippen LogP contribution in [-0.4, -0.2) is 40.0 Å². The quantitative estimate of drug-likeness (QED) is 0.816. The summed E-state index contributed by atoms with van der Waals surface area (Å²) in [6.45, 7) is 3.53. The van der Waals surface area contributed by atoms with E-state index in [9.17, 15) is 9.59 Å². The molecule has 2 aromatic heterocycles. The van der Waals surface area contributed by atoms with Gasteiger partial charge in [0.15, 0.2) is 0 Å². The predicted molar refractivity (Wildman–Crippen MR) is 84.1 cm³/mol. The third kappa shape index (κ3) is 2.72. The molecule has 120 valence electrons. The van der Waals surface area contributed by atoms with E-state index in [1.807, 2.05) is 17.2 Å². The third-order valence-corrected chi connectivity index (χ3v) is 4.22. The first-order valence-electron chi connectivity index (χ1n) is 7.66. The summed E-state index contributed by atoms with van der Waals surface area (Å²) < 4.78 is 6.81. The van der Waals surface area contributed by atoms with Crippen LogP contribution in [0.3, 0.4) is 0 Å². The van der Waals surface area contributed by atoms with Crippen LogP contribution in [-0.2, 0) is 11.3 Å². The van der Waals surface area contributed by atoms with Gasteiger partial charge in [-0.3, -0.25) is 4.79 Å². The van der Waals surface area contributed by atoms with E-state index in [0.717, 1.165) is 18.7 Å².